The highest BCUT2D eigenvalue weighted by Gasteiger charge is 2.08. The van der Waals surface area contributed by atoms with Gasteiger partial charge < -0.3 is 9.84 Å². The Hall–Kier alpha value is -0.830. The van der Waals surface area contributed by atoms with Crippen molar-refractivity contribution in [2.24, 2.45) is 0 Å². The van der Waals surface area contributed by atoms with Crippen LogP contribution < -0.4 is 0 Å². The minimum Gasteiger partial charge on any atom is -0.460 e. The number of cyclic esters (lactones) is 1. The van der Waals surface area contributed by atoms with Crippen molar-refractivity contribution in [1.82, 2.24) is 0 Å². The monoisotopic (exact) mass is 212 g/mol. The molecule has 86 valence electrons. The first kappa shape index (κ1) is 12.2. The Balaban J connectivity index is 2.48. The van der Waals surface area contributed by atoms with Gasteiger partial charge in [0.05, 0.1) is 12.2 Å². The molecule has 1 rings (SSSR count). The van der Waals surface area contributed by atoms with E-state index in [9.17, 15) is 9.90 Å². The standard InChI is InChI=1S/C12H20O3/c1-10-6-4-2-3-5-7-11(13)8-9-12(14)15-10/h8-11,13H,2-7H2,1H3/b9-8+/t10?,11-/m1/s1. The zero-order valence-corrected chi connectivity index (χ0v) is 9.32. The van der Waals surface area contributed by atoms with Crippen molar-refractivity contribution in [2.75, 3.05) is 0 Å². The van der Waals surface area contributed by atoms with E-state index >= 15 is 0 Å². The SMILES string of the molecule is CC1CCCCCC[C@@H](O)/C=C/C(=O)O1. The Morgan fingerprint density at radius 3 is 2.67 bits per heavy atom. The van der Waals surface area contributed by atoms with Crippen molar-refractivity contribution in [3.05, 3.63) is 12.2 Å². The summed E-state index contributed by atoms with van der Waals surface area (Å²) in [4.78, 5) is 11.2. The molecule has 0 aromatic carbocycles. The molecule has 0 saturated carbocycles. The summed E-state index contributed by atoms with van der Waals surface area (Å²) in [5.41, 5.74) is 0. The summed E-state index contributed by atoms with van der Waals surface area (Å²) in [6.07, 6.45) is 8.42. The fraction of sp³-hybridized carbons (Fsp3) is 0.750. The average Bonchev–Trinajstić information content (AvgIpc) is 2.18. The summed E-state index contributed by atoms with van der Waals surface area (Å²) < 4.78 is 5.13. The fourth-order valence-corrected chi connectivity index (χ4v) is 1.72. The molecule has 1 unspecified atom stereocenters. The van der Waals surface area contributed by atoms with Crippen LogP contribution >= 0.6 is 0 Å². The van der Waals surface area contributed by atoms with Gasteiger partial charge in [0.25, 0.3) is 0 Å². The van der Waals surface area contributed by atoms with E-state index in [2.05, 4.69) is 0 Å². The Bertz CT molecular complexity index is 223. The van der Waals surface area contributed by atoms with Gasteiger partial charge in [0.2, 0.25) is 0 Å². The molecule has 0 aromatic rings. The van der Waals surface area contributed by atoms with Crippen LogP contribution in [0, 0.1) is 0 Å². The second-order valence-corrected chi connectivity index (χ2v) is 4.17. The maximum Gasteiger partial charge on any atom is 0.330 e. The first-order valence-electron chi connectivity index (χ1n) is 5.75. The number of carbonyl (C=O) groups excluding carboxylic acids is 1. The molecule has 1 aliphatic rings. The molecule has 3 nitrogen and oxygen atoms in total. The van der Waals surface area contributed by atoms with Crippen LogP contribution in [0.5, 0.6) is 0 Å². The summed E-state index contributed by atoms with van der Waals surface area (Å²) in [5.74, 6) is -0.345. The third-order valence-electron chi connectivity index (χ3n) is 2.63. The lowest BCUT2D eigenvalue weighted by molar-refractivity contribution is -0.142. The van der Waals surface area contributed by atoms with Crippen LogP contribution in [0.1, 0.15) is 45.4 Å². The van der Waals surface area contributed by atoms with Gasteiger partial charge in [-0.05, 0) is 32.3 Å². The number of esters is 1. The molecular formula is C12H20O3. The van der Waals surface area contributed by atoms with Crippen LogP contribution in [0.15, 0.2) is 12.2 Å². The molecule has 0 fully saturated rings. The molecule has 1 heterocycles. The first-order chi connectivity index (χ1) is 7.18. The number of aliphatic hydroxyl groups is 1. The van der Waals surface area contributed by atoms with E-state index in [0.29, 0.717) is 0 Å². The van der Waals surface area contributed by atoms with Gasteiger partial charge in [-0.1, -0.05) is 19.3 Å². The summed E-state index contributed by atoms with van der Waals surface area (Å²) in [7, 11) is 0. The minimum atomic E-state index is -0.507. The van der Waals surface area contributed by atoms with Crippen molar-refractivity contribution in [3.8, 4) is 0 Å². The number of ether oxygens (including phenoxy) is 1. The van der Waals surface area contributed by atoms with Gasteiger partial charge in [-0.3, -0.25) is 0 Å². The number of rotatable bonds is 0. The summed E-state index contributed by atoms with van der Waals surface area (Å²) in [6.45, 7) is 1.91. The smallest absolute Gasteiger partial charge is 0.330 e. The molecule has 0 radical (unpaired) electrons. The van der Waals surface area contributed by atoms with Crippen LogP contribution in [-0.4, -0.2) is 23.3 Å². The molecule has 0 saturated heterocycles. The molecule has 2 atom stereocenters. The van der Waals surface area contributed by atoms with Crippen LogP contribution in [-0.2, 0) is 9.53 Å². The topological polar surface area (TPSA) is 46.5 Å². The highest BCUT2D eigenvalue weighted by atomic mass is 16.5. The second kappa shape index (κ2) is 6.62. The highest BCUT2D eigenvalue weighted by Crippen LogP contribution is 2.12. The zero-order chi connectivity index (χ0) is 11.1. The van der Waals surface area contributed by atoms with Crippen molar-refractivity contribution in [1.29, 1.82) is 0 Å². The van der Waals surface area contributed by atoms with E-state index in [4.69, 9.17) is 4.74 Å². The molecule has 1 N–H and O–H groups in total. The lowest BCUT2D eigenvalue weighted by Crippen LogP contribution is -2.14. The summed E-state index contributed by atoms with van der Waals surface area (Å²) in [6, 6.07) is 0. The van der Waals surface area contributed by atoms with Crippen LogP contribution in [0.25, 0.3) is 0 Å². The maximum absolute atomic E-state index is 11.2. The Labute approximate surface area is 91.1 Å². The largest absolute Gasteiger partial charge is 0.460 e. The Morgan fingerprint density at radius 1 is 1.27 bits per heavy atom. The van der Waals surface area contributed by atoms with Gasteiger partial charge in [0.15, 0.2) is 0 Å². The number of hydrogen-bond donors (Lipinski definition) is 1. The molecule has 0 bridgehead atoms. The van der Waals surface area contributed by atoms with Gasteiger partial charge in [-0.2, -0.15) is 0 Å². The quantitative estimate of drug-likeness (QED) is 0.626. The van der Waals surface area contributed by atoms with Crippen molar-refractivity contribution >= 4 is 5.97 Å². The molecule has 1 aliphatic heterocycles. The predicted octanol–water partition coefficient (Wildman–Crippen LogP) is 2.19. The Morgan fingerprint density at radius 2 is 1.93 bits per heavy atom. The molecular weight excluding hydrogens is 192 g/mol. The van der Waals surface area contributed by atoms with Crippen LogP contribution in [0.3, 0.4) is 0 Å². The normalized spacial score (nSPS) is 32.3. The molecule has 15 heavy (non-hydrogen) atoms. The molecule has 0 spiro atoms. The third kappa shape index (κ3) is 5.57. The maximum atomic E-state index is 11.2. The van der Waals surface area contributed by atoms with Crippen molar-refractivity contribution < 1.29 is 14.6 Å². The third-order valence-corrected chi connectivity index (χ3v) is 2.63. The van der Waals surface area contributed by atoms with E-state index in [0.717, 1.165) is 38.5 Å². The van der Waals surface area contributed by atoms with Gasteiger partial charge in [0, 0.05) is 6.08 Å². The summed E-state index contributed by atoms with van der Waals surface area (Å²) in [5, 5.41) is 9.48. The van der Waals surface area contributed by atoms with Gasteiger partial charge in [-0.15, -0.1) is 0 Å². The van der Waals surface area contributed by atoms with E-state index in [1.807, 2.05) is 6.92 Å². The van der Waals surface area contributed by atoms with Crippen LogP contribution in [0.2, 0.25) is 0 Å². The van der Waals surface area contributed by atoms with Gasteiger partial charge in [0.1, 0.15) is 0 Å². The first-order valence-corrected chi connectivity index (χ1v) is 5.75. The number of hydrogen-bond acceptors (Lipinski definition) is 3. The lowest BCUT2D eigenvalue weighted by Gasteiger charge is -2.13. The van der Waals surface area contributed by atoms with Gasteiger partial charge >= 0.3 is 5.97 Å². The zero-order valence-electron chi connectivity index (χ0n) is 9.32. The number of carbonyl (C=O) groups is 1. The highest BCUT2D eigenvalue weighted by molar-refractivity contribution is 5.82. The van der Waals surface area contributed by atoms with Crippen LogP contribution in [0.4, 0.5) is 0 Å². The molecule has 0 aromatic heterocycles. The molecule has 0 aliphatic carbocycles. The van der Waals surface area contributed by atoms with E-state index in [1.54, 1.807) is 0 Å². The van der Waals surface area contributed by atoms with Crippen molar-refractivity contribution in [3.63, 3.8) is 0 Å². The predicted molar refractivity (Wildman–Crippen MR) is 58.4 cm³/mol. The lowest BCUT2D eigenvalue weighted by atomic mass is 10.1. The van der Waals surface area contributed by atoms with E-state index < -0.39 is 6.10 Å². The van der Waals surface area contributed by atoms with Crippen molar-refractivity contribution in [2.45, 2.75) is 57.7 Å². The molecule has 3 heteroatoms. The van der Waals surface area contributed by atoms with Gasteiger partial charge in [-0.25, -0.2) is 4.79 Å². The minimum absolute atomic E-state index is 0.0151. The molecule has 0 amide bonds. The number of aliphatic hydroxyl groups excluding tert-OH is 1. The second-order valence-electron chi connectivity index (χ2n) is 4.17. The Kier molecular flexibility index (Phi) is 5.40. The summed E-state index contributed by atoms with van der Waals surface area (Å²) >= 11 is 0. The van der Waals surface area contributed by atoms with E-state index in [-0.39, 0.29) is 12.1 Å². The fourth-order valence-electron chi connectivity index (χ4n) is 1.72. The van der Waals surface area contributed by atoms with E-state index in [1.165, 1.54) is 12.2 Å². The average molecular weight is 212 g/mol.